The minimum absolute atomic E-state index is 0.476. The normalized spacial score (nSPS) is 11.0. The molecular weight excluding hydrogens is 438 g/mol. The van der Waals surface area contributed by atoms with Crippen molar-refractivity contribution in [2.24, 2.45) is 0 Å². The lowest BCUT2D eigenvalue weighted by Gasteiger charge is -1.95. The SMILES string of the molecule is Clc1ccc(-c2cc(CSc3nnc(-c4cccc(Br)c4)o3)on2)cc1. The van der Waals surface area contributed by atoms with Crippen LogP contribution in [-0.4, -0.2) is 15.4 Å². The molecule has 2 aromatic carbocycles. The van der Waals surface area contributed by atoms with Gasteiger partial charge in [0.2, 0.25) is 5.89 Å². The van der Waals surface area contributed by atoms with Crippen LogP contribution in [0.4, 0.5) is 0 Å². The molecule has 0 aliphatic heterocycles. The van der Waals surface area contributed by atoms with E-state index in [0.29, 0.717) is 21.9 Å². The standard InChI is InChI=1S/C18H11BrClN3O2S/c19-13-3-1-2-12(8-13)17-21-22-18(24-17)26-10-15-9-16(23-25-15)11-4-6-14(20)7-5-11/h1-9H,10H2. The van der Waals surface area contributed by atoms with Gasteiger partial charge in [0.1, 0.15) is 11.5 Å². The fourth-order valence-electron chi connectivity index (χ4n) is 2.28. The molecule has 0 N–H and O–H groups in total. The highest BCUT2D eigenvalue weighted by atomic mass is 79.9. The van der Waals surface area contributed by atoms with Gasteiger partial charge in [0.25, 0.3) is 5.22 Å². The van der Waals surface area contributed by atoms with E-state index in [4.69, 9.17) is 20.5 Å². The zero-order valence-electron chi connectivity index (χ0n) is 13.2. The van der Waals surface area contributed by atoms with Crippen LogP contribution < -0.4 is 0 Å². The molecule has 0 amide bonds. The Balaban J connectivity index is 1.43. The number of hydrogen-bond donors (Lipinski definition) is 0. The molecule has 0 bridgehead atoms. The summed E-state index contributed by atoms with van der Waals surface area (Å²) in [4.78, 5) is 0. The number of aromatic nitrogens is 3. The fraction of sp³-hybridized carbons (Fsp3) is 0.0556. The Morgan fingerprint density at radius 3 is 2.65 bits per heavy atom. The number of nitrogens with zero attached hydrogens (tertiary/aromatic N) is 3. The van der Waals surface area contributed by atoms with Crippen molar-refractivity contribution in [3.8, 4) is 22.7 Å². The van der Waals surface area contributed by atoms with E-state index >= 15 is 0 Å². The molecule has 130 valence electrons. The molecule has 4 rings (SSSR count). The third kappa shape index (κ3) is 4.00. The lowest BCUT2D eigenvalue weighted by atomic mass is 10.1. The maximum absolute atomic E-state index is 5.90. The van der Waals surface area contributed by atoms with Crippen LogP contribution >= 0.6 is 39.3 Å². The first-order chi connectivity index (χ1) is 12.7. The van der Waals surface area contributed by atoms with Crippen molar-refractivity contribution in [2.75, 3.05) is 0 Å². The molecule has 0 saturated carbocycles. The van der Waals surface area contributed by atoms with Crippen molar-refractivity contribution in [2.45, 2.75) is 11.0 Å². The highest BCUT2D eigenvalue weighted by Gasteiger charge is 2.12. The molecule has 0 spiro atoms. The Labute approximate surface area is 166 Å². The van der Waals surface area contributed by atoms with Gasteiger partial charge in [-0.25, -0.2) is 0 Å². The van der Waals surface area contributed by atoms with Crippen LogP contribution in [0.5, 0.6) is 0 Å². The second-order valence-corrected chi connectivity index (χ2v) is 7.64. The lowest BCUT2D eigenvalue weighted by Crippen LogP contribution is -1.77. The number of halogens is 2. The van der Waals surface area contributed by atoms with Crippen LogP contribution in [0, 0.1) is 0 Å². The van der Waals surface area contributed by atoms with Gasteiger partial charge in [-0.15, -0.1) is 10.2 Å². The molecule has 0 saturated heterocycles. The van der Waals surface area contributed by atoms with Crippen molar-refractivity contribution in [1.82, 2.24) is 15.4 Å². The molecule has 5 nitrogen and oxygen atoms in total. The lowest BCUT2D eigenvalue weighted by molar-refractivity contribution is 0.396. The summed E-state index contributed by atoms with van der Waals surface area (Å²) in [6, 6.07) is 17.0. The summed E-state index contributed by atoms with van der Waals surface area (Å²) in [5, 5.41) is 13.4. The highest BCUT2D eigenvalue weighted by molar-refractivity contribution is 9.10. The second-order valence-electron chi connectivity index (χ2n) is 5.36. The van der Waals surface area contributed by atoms with E-state index in [1.807, 2.05) is 54.6 Å². The Morgan fingerprint density at radius 1 is 1.00 bits per heavy atom. The molecule has 2 aromatic heterocycles. The van der Waals surface area contributed by atoms with Crippen LogP contribution in [0.15, 0.2) is 73.2 Å². The molecule has 0 aliphatic rings. The van der Waals surface area contributed by atoms with E-state index in [0.717, 1.165) is 27.1 Å². The van der Waals surface area contributed by atoms with Crippen LogP contribution in [-0.2, 0) is 5.75 Å². The number of thioether (sulfide) groups is 1. The van der Waals surface area contributed by atoms with E-state index in [-0.39, 0.29) is 0 Å². The largest absolute Gasteiger partial charge is 0.411 e. The molecule has 0 unspecified atom stereocenters. The summed E-state index contributed by atoms with van der Waals surface area (Å²) in [7, 11) is 0. The smallest absolute Gasteiger partial charge is 0.277 e. The second kappa shape index (κ2) is 7.65. The quantitative estimate of drug-likeness (QED) is 0.344. The third-order valence-electron chi connectivity index (χ3n) is 3.51. The third-order valence-corrected chi connectivity index (χ3v) is 5.10. The van der Waals surface area contributed by atoms with Gasteiger partial charge in [0.15, 0.2) is 0 Å². The van der Waals surface area contributed by atoms with Gasteiger partial charge < -0.3 is 8.94 Å². The van der Waals surface area contributed by atoms with Crippen molar-refractivity contribution < 1.29 is 8.94 Å². The summed E-state index contributed by atoms with van der Waals surface area (Å²) >= 11 is 10.7. The average molecular weight is 449 g/mol. The Bertz CT molecular complexity index is 1030. The zero-order chi connectivity index (χ0) is 17.9. The van der Waals surface area contributed by atoms with Crippen LogP contribution in [0.3, 0.4) is 0 Å². The van der Waals surface area contributed by atoms with Crippen LogP contribution in [0.1, 0.15) is 5.76 Å². The number of hydrogen-bond acceptors (Lipinski definition) is 6. The van der Waals surface area contributed by atoms with Gasteiger partial charge in [-0.2, -0.15) is 0 Å². The highest BCUT2D eigenvalue weighted by Crippen LogP contribution is 2.28. The van der Waals surface area contributed by atoms with Crippen molar-refractivity contribution in [1.29, 1.82) is 0 Å². The summed E-state index contributed by atoms with van der Waals surface area (Å²) in [6.07, 6.45) is 0. The minimum Gasteiger partial charge on any atom is -0.411 e. The predicted molar refractivity (Wildman–Crippen MR) is 104 cm³/mol. The van der Waals surface area contributed by atoms with E-state index in [2.05, 4.69) is 31.3 Å². The van der Waals surface area contributed by atoms with Gasteiger partial charge in [-0.05, 0) is 30.3 Å². The van der Waals surface area contributed by atoms with Gasteiger partial charge in [0, 0.05) is 26.7 Å². The maximum Gasteiger partial charge on any atom is 0.277 e. The number of rotatable bonds is 5. The predicted octanol–water partition coefficient (Wildman–Crippen LogP) is 6.10. The zero-order valence-corrected chi connectivity index (χ0v) is 16.4. The van der Waals surface area contributed by atoms with E-state index in [9.17, 15) is 0 Å². The molecular formula is C18H11BrClN3O2S. The first-order valence-corrected chi connectivity index (χ1v) is 9.77. The van der Waals surface area contributed by atoms with Crippen molar-refractivity contribution in [3.05, 3.63) is 69.9 Å². The summed E-state index contributed by atoms with van der Waals surface area (Å²) in [5.74, 6) is 1.75. The van der Waals surface area contributed by atoms with Crippen LogP contribution in [0.2, 0.25) is 5.02 Å². The van der Waals surface area contributed by atoms with Gasteiger partial charge in [-0.3, -0.25) is 0 Å². The van der Waals surface area contributed by atoms with E-state index < -0.39 is 0 Å². The van der Waals surface area contributed by atoms with Gasteiger partial charge in [-0.1, -0.05) is 62.6 Å². The fourth-order valence-corrected chi connectivity index (χ4v) is 3.44. The van der Waals surface area contributed by atoms with E-state index in [1.165, 1.54) is 11.8 Å². The summed E-state index contributed by atoms with van der Waals surface area (Å²) in [6.45, 7) is 0. The maximum atomic E-state index is 5.90. The molecule has 0 atom stereocenters. The Hall–Kier alpha value is -2.09. The molecule has 8 heteroatoms. The van der Waals surface area contributed by atoms with Crippen molar-refractivity contribution >= 4 is 39.3 Å². The van der Waals surface area contributed by atoms with E-state index in [1.54, 1.807) is 0 Å². The minimum atomic E-state index is 0.476. The molecule has 0 radical (unpaired) electrons. The monoisotopic (exact) mass is 447 g/mol. The molecule has 4 aromatic rings. The molecule has 2 heterocycles. The Kier molecular flexibility index (Phi) is 5.10. The summed E-state index contributed by atoms with van der Waals surface area (Å²) < 4.78 is 12.0. The molecule has 26 heavy (non-hydrogen) atoms. The topological polar surface area (TPSA) is 65.0 Å². The molecule has 0 aliphatic carbocycles. The van der Waals surface area contributed by atoms with Crippen molar-refractivity contribution in [3.63, 3.8) is 0 Å². The first-order valence-electron chi connectivity index (χ1n) is 7.61. The first kappa shape index (κ1) is 17.3. The summed E-state index contributed by atoms with van der Waals surface area (Å²) in [5.41, 5.74) is 2.57. The number of benzene rings is 2. The van der Waals surface area contributed by atoms with Gasteiger partial charge in [0.05, 0.1) is 5.75 Å². The van der Waals surface area contributed by atoms with Crippen LogP contribution in [0.25, 0.3) is 22.7 Å². The Morgan fingerprint density at radius 2 is 1.85 bits per heavy atom. The van der Waals surface area contributed by atoms with Gasteiger partial charge >= 0.3 is 0 Å². The average Bonchev–Trinajstić information content (AvgIpc) is 3.30. The molecule has 0 fully saturated rings.